The van der Waals surface area contributed by atoms with Crippen molar-refractivity contribution in [1.82, 2.24) is 29.6 Å². The third-order valence-electron chi connectivity index (χ3n) is 6.88. The van der Waals surface area contributed by atoms with E-state index < -0.39 is 24.9 Å². The van der Waals surface area contributed by atoms with Crippen molar-refractivity contribution in [2.45, 2.75) is 18.9 Å². The quantitative estimate of drug-likeness (QED) is 0.388. The van der Waals surface area contributed by atoms with Gasteiger partial charge in [-0.3, -0.25) is 9.89 Å². The number of alkyl halides is 2. The average Bonchev–Trinajstić information content (AvgIpc) is 3.55. The lowest BCUT2D eigenvalue weighted by molar-refractivity contribution is -0.113. The highest BCUT2D eigenvalue weighted by atomic mass is 19.3. The molecule has 6 rings (SSSR count). The van der Waals surface area contributed by atoms with Gasteiger partial charge in [-0.2, -0.15) is 10.1 Å². The second-order valence-corrected chi connectivity index (χ2v) is 9.46. The summed E-state index contributed by atoms with van der Waals surface area (Å²) in [5, 5.41) is 10.0. The zero-order chi connectivity index (χ0) is 26.4. The summed E-state index contributed by atoms with van der Waals surface area (Å²) in [5.74, 6) is -2.10. The number of rotatable bonds is 5. The smallest absolute Gasteiger partial charge is 0.324 e. The van der Waals surface area contributed by atoms with E-state index in [9.17, 15) is 13.6 Å². The second-order valence-electron chi connectivity index (χ2n) is 9.46. The molecule has 2 N–H and O–H groups in total. The van der Waals surface area contributed by atoms with Gasteiger partial charge in [0.05, 0.1) is 25.8 Å². The molecule has 38 heavy (non-hydrogen) atoms. The average molecular weight is 516 g/mol. The minimum Gasteiger partial charge on any atom is -0.360 e. The first-order chi connectivity index (χ1) is 18.3. The fourth-order valence-corrected chi connectivity index (χ4v) is 4.83. The molecule has 0 radical (unpaired) electrons. The van der Waals surface area contributed by atoms with Crippen LogP contribution in [0.15, 0.2) is 48.8 Å². The van der Waals surface area contributed by atoms with Crippen LogP contribution in [0.1, 0.15) is 21.7 Å². The molecule has 1 saturated heterocycles. The Morgan fingerprint density at radius 1 is 1.16 bits per heavy atom. The number of carbonyl (C=O) groups is 1. The Labute approximate surface area is 216 Å². The molecular formula is C26H23F2N9O. The lowest BCUT2D eigenvalue weighted by Gasteiger charge is -2.38. The molecule has 0 aliphatic carbocycles. The number of nitrogens with zero attached hydrogens (tertiary/aromatic N) is 7. The number of likely N-dealkylation sites (tertiary alicyclic amines) is 1. The number of fused-ring (bicyclic) bond motifs is 1. The summed E-state index contributed by atoms with van der Waals surface area (Å²) >= 11 is 0. The molecule has 0 atom stereocenters. The molecule has 0 unspecified atom stereocenters. The van der Waals surface area contributed by atoms with Crippen LogP contribution >= 0.6 is 0 Å². The first-order valence-electron chi connectivity index (χ1n) is 12.0. The number of carbonyl (C=O) groups excluding carboxylic acids is 1. The number of hydrogen-bond acceptors (Lipinski definition) is 6. The predicted octanol–water partition coefficient (Wildman–Crippen LogP) is 4.15. The van der Waals surface area contributed by atoms with Crippen molar-refractivity contribution in [2.75, 3.05) is 29.9 Å². The van der Waals surface area contributed by atoms with E-state index in [2.05, 4.69) is 30.3 Å². The van der Waals surface area contributed by atoms with Gasteiger partial charge in [-0.15, -0.1) is 0 Å². The van der Waals surface area contributed by atoms with E-state index in [0.717, 1.165) is 28.1 Å². The van der Waals surface area contributed by atoms with Gasteiger partial charge in [0, 0.05) is 42.8 Å². The Balaban J connectivity index is 1.21. The normalized spacial score (nSPS) is 15.9. The summed E-state index contributed by atoms with van der Waals surface area (Å²) in [6.07, 6.45) is 4.21. The zero-order valence-electron chi connectivity index (χ0n) is 20.4. The highest BCUT2D eigenvalue weighted by Crippen LogP contribution is 2.32. The highest BCUT2D eigenvalue weighted by molar-refractivity contribution is 5.94. The van der Waals surface area contributed by atoms with Gasteiger partial charge < -0.3 is 24.5 Å². The van der Waals surface area contributed by atoms with Crippen LogP contribution in [0.4, 0.5) is 32.1 Å². The van der Waals surface area contributed by atoms with Crippen molar-refractivity contribution in [3.05, 3.63) is 77.2 Å². The fraction of sp³-hybridized carbons (Fsp3) is 0.269. The van der Waals surface area contributed by atoms with Crippen LogP contribution in [0.5, 0.6) is 0 Å². The molecule has 0 saturated carbocycles. The van der Waals surface area contributed by atoms with Gasteiger partial charge in [0.2, 0.25) is 0 Å². The van der Waals surface area contributed by atoms with E-state index in [-0.39, 0.29) is 5.82 Å². The van der Waals surface area contributed by atoms with Gasteiger partial charge in [0.25, 0.3) is 17.6 Å². The number of hydrogen-bond donors (Lipinski definition) is 2. The molecule has 10 nitrogen and oxygen atoms in total. The Bertz CT molecular complexity index is 1550. The van der Waals surface area contributed by atoms with Gasteiger partial charge in [0.1, 0.15) is 11.5 Å². The van der Waals surface area contributed by atoms with Crippen LogP contribution in [0.3, 0.4) is 0 Å². The van der Waals surface area contributed by atoms with Crippen LogP contribution < -0.4 is 10.2 Å². The standard InChI is InChI=1S/C26H23F2N9O/c1-29-22-10-23(32-19-5-3-16(4-6-19)18-11-30-31-12-18)34-25(33-22)36-8-7-17-9-20(35(2)21(17)13-36)24(38)37-14-26(27,28)15-37/h3-6,9-12H,7-8,13-15H2,2H3,(H,30,31)(H,32,33,34). The largest absolute Gasteiger partial charge is 0.360 e. The Kier molecular flexibility index (Phi) is 5.56. The fourth-order valence-electron chi connectivity index (χ4n) is 4.83. The molecule has 192 valence electrons. The maximum atomic E-state index is 13.3. The molecule has 2 aliphatic rings. The first-order valence-corrected chi connectivity index (χ1v) is 12.0. The third-order valence-corrected chi connectivity index (χ3v) is 6.88. The van der Waals surface area contributed by atoms with Gasteiger partial charge in [-0.1, -0.05) is 23.7 Å². The Hall–Kier alpha value is -4.79. The molecule has 3 aromatic heterocycles. The third kappa shape index (κ3) is 4.32. The van der Waals surface area contributed by atoms with Crippen LogP contribution in [0.2, 0.25) is 0 Å². The summed E-state index contributed by atoms with van der Waals surface area (Å²) in [7, 11) is 1.77. The molecule has 0 spiro atoms. The molecular weight excluding hydrogens is 492 g/mol. The molecule has 1 fully saturated rings. The van der Waals surface area contributed by atoms with Crippen molar-refractivity contribution in [1.29, 1.82) is 0 Å². The lowest BCUT2D eigenvalue weighted by atomic mass is 10.1. The Morgan fingerprint density at radius 2 is 1.95 bits per heavy atom. The highest BCUT2D eigenvalue weighted by Gasteiger charge is 2.47. The van der Waals surface area contributed by atoms with E-state index >= 15 is 0 Å². The number of nitrogens with one attached hydrogen (secondary N) is 2. The minimum absolute atomic E-state index is 0.208. The zero-order valence-corrected chi connectivity index (χ0v) is 20.4. The summed E-state index contributed by atoms with van der Waals surface area (Å²) < 4.78 is 28.3. The minimum atomic E-state index is -2.81. The molecule has 1 amide bonds. The van der Waals surface area contributed by atoms with Crippen LogP contribution in [-0.2, 0) is 20.0 Å². The number of halogens is 2. The summed E-state index contributed by atoms with van der Waals surface area (Å²) in [6.45, 7) is 7.43. The topological polar surface area (TPSA) is 99.3 Å². The molecule has 2 aliphatic heterocycles. The van der Waals surface area contributed by atoms with E-state index in [1.165, 1.54) is 4.90 Å². The molecule has 1 aromatic carbocycles. The molecule has 4 aromatic rings. The number of amides is 1. The summed E-state index contributed by atoms with van der Waals surface area (Å²) in [5.41, 5.74) is 5.09. The summed E-state index contributed by atoms with van der Waals surface area (Å²) in [4.78, 5) is 28.5. The Morgan fingerprint density at radius 3 is 2.63 bits per heavy atom. The van der Waals surface area contributed by atoms with Gasteiger partial charge in [0.15, 0.2) is 0 Å². The maximum Gasteiger partial charge on any atom is 0.324 e. The van der Waals surface area contributed by atoms with E-state index in [4.69, 9.17) is 6.57 Å². The van der Waals surface area contributed by atoms with Crippen LogP contribution in [0.25, 0.3) is 16.0 Å². The molecule has 0 bridgehead atoms. The van der Waals surface area contributed by atoms with E-state index in [0.29, 0.717) is 37.0 Å². The lowest BCUT2D eigenvalue weighted by Crippen LogP contribution is -2.58. The SMILES string of the molecule is [C-]#[N+]c1cc(Nc2ccc(-c3cn[nH]c3)cc2)nc(N2CCc3cc(C(=O)N4CC(F)(F)C4)n(C)c3C2)n1. The van der Waals surface area contributed by atoms with E-state index in [1.54, 1.807) is 29.9 Å². The molecule has 12 heteroatoms. The number of benzene rings is 1. The van der Waals surface area contributed by atoms with Crippen molar-refractivity contribution >= 4 is 29.2 Å². The second kappa shape index (κ2) is 8.95. The number of aromatic amines is 1. The monoisotopic (exact) mass is 515 g/mol. The van der Waals surface area contributed by atoms with E-state index in [1.807, 2.05) is 35.4 Å². The first kappa shape index (κ1) is 23.6. The van der Waals surface area contributed by atoms with Gasteiger partial charge in [-0.25, -0.2) is 8.78 Å². The van der Waals surface area contributed by atoms with Crippen molar-refractivity contribution < 1.29 is 13.6 Å². The van der Waals surface area contributed by atoms with Crippen molar-refractivity contribution in [3.63, 3.8) is 0 Å². The van der Waals surface area contributed by atoms with Gasteiger partial charge in [-0.05, 0) is 35.7 Å². The predicted molar refractivity (Wildman–Crippen MR) is 137 cm³/mol. The van der Waals surface area contributed by atoms with Crippen LogP contribution in [0, 0.1) is 6.57 Å². The summed E-state index contributed by atoms with van der Waals surface area (Å²) in [6, 6.07) is 11.2. The van der Waals surface area contributed by atoms with Crippen molar-refractivity contribution in [2.24, 2.45) is 7.05 Å². The molecule has 5 heterocycles. The number of aromatic nitrogens is 5. The van der Waals surface area contributed by atoms with Crippen molar-refractivity contribution in [3.8, 4) is 11.1 Å². The van der Waals surface area contributed by atoms with Gasteiger partial charge >= 0.3 is 5.95 Å². The number of anilines is 3. The maximum absolute atomic E-state index is 13.3. The number of H-pyrrole nitrogens is 1. The van der Waals surface area contributed by atoms with Crippen LogP contribution in [-0.4, -0.2) is 61.1 Å².